The van der Waals surface area contributed by atoms with Crippen molar-refractivity contribution in [2.75, 3.05) is 7.05 Å². The molecule has 2 rings (SSSR count). The number of aromatic nitrogens is 1. The summed E-state index contributed by atoms with van der Waals surface area (Å²) in [5, 5.41) is 3.00. The van der Waals surface area contributed by atoms with Crippen LogP contribution in [0.15, 0.2) is 48.8 Å². The minimum atomic E-state index is -0.252. The van der Waals surface area contributed by atoms with Crippen molar-refractivity contribution in [1.29, 1.82) is 0 Å². The molecule has 0 radical (unpaired) electrons. The van der Waals surface area contributed by atoms with Gasteiger partial charge in [0.2, 0.25) is 0 Å². The van der Waals surface area contributed by atoms with Crippen molar-refractivity contribution in [3.63, 3.8) is 0 Å². The van der Waals surface area contributed by atoms with Crippen LogP contribution >= 0.6 is 0 Å². The number of urea groups is 1. The van der Waals surface area contributed by atoms with E-state index in [4.69, 9.17) is 0 Å². The van der Waals surface area contributed by atoms with Gasteiger partial charge in [0.15, 0.2) is 0 Å². The summed E-state index contributed by atoms with van der Waals surface area (Å²) in [6.07, 6.45) is 4.95. The zero-order valence-electron chi connectivity index (χ0n) is 14.4. The second-order valence-corrected chi connectivity index (χ2v) is 6.00. The maximum absolute atomic E-state index is 12.9. The highest BCUT2D eigenvalue weighted by molar-refractivity contribution is 5.74. The van der Waals surface area contributed by atoms with Crippen molar-refractivity contribution < 1.29 is 9.18 Å². The summed E-state index contributed by atoms with van der Waals surface area (Å²) >= 11 is 0. The Kier molecular flexibility index (Phi) is 6.29. The van der Waals surface area contributed by atoms with Gasteiger partial charge in [-0.15, -0.1) is 0 Å². The van der Waals surface area contributed by atoms with E-state index >= 15 is 0 Å². The number of pyridine rings is 1. The average Bonchev–Trinajstić information content (AvgIpc) is 2.58. The van der Waals surface area contributed by atoms with E-state index in [0.29, 0.717) is 6.42 Å². The van der Waals surface area contributed by atoms with Gasteiger partial charge in [-0.1, -0.05) is 19.1 Å². The molecule has 128 valence electrons. The predicted octanol–water partition coefficient (Wildman–Crippen LogP) is 3.94. The molecule has 0 saturated heterocycles. The van der Waals surface area contributed by atoms with Gasteiger partial charge in [-0.25, -0.2) is 9.18 Å². The van der Waals surface area contributed by atoms with Gasteiger partial charge in [0.25, 0.3) is 0 Å². The molecule has 24 heavy (non-hydrogen) atoms. The summed E-state index contributed by atoms with van der Waals surface area (Å²) in [7, 11) is 1.80. The van der Waals surface area contributed by atoms with Crippen LogP contribution in [-0.4, -0.2) is 29.0 Å². The van der Waals surface area contributed by atoms with E-state index in [0.717, 1.165) is 17.5 Å². The number of nitrogens with one attached hydrogen (secondary N) is 1. The molecule has 0 saturated carbocycles. The van der Waals surface area contributed by atoms with E-state index in [2.05, 4.69) is 17.2 Å². The van der Waals surface area contributed by atoms with Gasteiger partial charge in [0.05, 0.1) is 6.04 Å². The Morgan fingerprint density at radius 3 is 2.42 bits per heavy atom. The molecule has 0 aliphatic rings. The van der Waals surface area contributed by atoms with E-state index in [1.807, 2.05) is 19.1 Å². The average molecular weight is 329 g/mol. The maximum Gasteiger partial charge on any atom is 0.317 e. The van der Waals surface area contributed by atoms with Crippen molar-refractivity contribution in [2.24, 2.45) is 0 Å². The fourth-order valence-electron chi connectivity index (χ4n) is 2.80. The zero-order chi connectivity index (χ0) is 17.5. The lowest BCUT2D eigenvalue weighted by molar-refractivity contribution is 0.185. The van der Waals surface area contributed by atoms with E-state index in [1.165, 1.54) is 12.1 Å². The van der Waals surface area contributed by atoms with E-state index in [1.54, 1.807) is 36.5 Å². The van der Waals surface area contributed by atoms with Crippen LogP contribution in [0.4, 0.5) is 9.18 Å². The second-order valence-electron chi connectivity index (χ2n) is 6.00. The van der Waals surface area contributed by atoms with Crippen LogP contribution in [0.1, 0.15) is 37.4 Å². The third kappa shape index (κ3) is 4.78. The number of carbonyl (C=O) groups excluding carboxylic acids is 1. The minimum absolute atomic E-state index is 0.00558. The van der Waals surface area contributed by atoms with Crippen LogP contribution in [0.3, 0.4) is 0 Å². The van der Waals surface area contributed by atoms with Gasteiger partial charge in [0.1, 0.15) is 5.82 Å². The molecule has 0 spiro atoms. The molecule has 5 heteroatoms. The van der Waals surface area contributed by atoms with Crippen LogP contribution in [0.2, 0.25) is 0 Å². The van der Waals surface area contributed by atoms with Gasteiger partial charge in [-0.05, 0) is 55.2 Å². The predicted molar refractivity (Wildman–Crippen MR) is 93.1 cm³/mol. The highest BCUT2D eigenvalue weighted by atomic mass is 19.1. The second kappa shape index (κ2) is 8.43. The highest BCUT2D eigenvalue weighted by Gasteiger charge is 2.21. The first-order valence-corrected chi connectivity index (χ1v) is 8.19. The quantitative estimate of drug-likeness (QED) is 0.872. The van der Waals surface area contributed by atoms with E-state index in [-0.39, 0.29) is 23.9 Å². The Morgan fingerprint density at radius 1 is 1.21 bits per heavy atom. The zero-order valence-corrected chi connectivity index (χ0v) is 14.4. The van der Waals surface area contributed by atoms with Gasteiger partial charge < -0.3 is 10.2 Å². The molecule has 1 N–H and O–H groups in total. The maximum atomic E-state index is 12.9. The number of halogens is 1. The number of rotatable bonds is 6. The Bertz CT molecular complexity index is 645. The molecule has 2 atom stereocenters. The lowest BCUT2D eigenvalue weighted by atomic mass is 10.0. The Balaban J connectivity index is 1.95. The number of carbonyl (C=O) groups is 1. The molecule has 2 unspecified atom stereocenters. The van der Waals surface area contributed by atoms with Gasteiger partial charge in [-0.3, -0.25) is 4.98 Å². The number of benzene rings is 1. The third-order valence-corrected chi connectivity index (χ3v) is 4.09. The molecule has 2 amide bonds. The summed E-state index contributed by atoms with van der Waals surface area (Å²) in [6, 6.07) is 10.1. The molecule has 0 aliphatic carbocycles. The van der Waals surface area contributed by atoms with Crippen LogP contribution in [0.25, 0.3) is 0 Å². The molecule has 1 aromatic carbocycles. The van der Waals surface area contributed by atoms with Crippen molar-refractivity contribution in [2.45, 2.75) is 38.8 Å². The SMILES string of the molecule is CCC(c1ccncc1)N(C)C(=O)NC(C)Cc1ccc(F)cc1. The Labute approximate surface area is 142 Å². The fourth-order valence-corrected chi connectivity index (χ4v) is 2.80. The number of nitrogens with zero attached hydrogens (tertiary/aromatic N) is 2. The molecule has 1 aromatic heterocycles. The summed E-state index contributed by atoms with van der Waals surface area (Å²) in [5.74, 6) is -0.252. The van der Waals surface area contributed by atoms with Gasteiger partial charge in [-0.2, -0.15) is 0 Å². The van der Waals surface area contributed by atoms with E-state index in [9.17, 15) is 9.18 Å². The largest absolute Gasteiger partial charge is 0.335 e. The van der Waals surface area contributed by atoms with Crippen molar-refractivity contribution >= 4 is 6.03 Å². The van der Waals surface area contributed by atoms with Crippen molar-refractivity contribution in [3.05, 3.63) is 65.7 Å². The van der Waals surface area contributed by atoms with Crippen molar-refractivity contribution in [1.82, 2.24) is 15.2 Å². The summed E-state index contributed by atoms with van der Waals surface area (Å²) in [6.45, 7) is 4.00. The molecule has 0 aliphatic heterocycles. The normalized spacial score (nSPS) is 13.2. The molecule has 0 fully saturated rings. The molecule has 1 heterocycles. The number of amides is 2. The van der Waals surface area contributed by atoms with Gasteiger partial charge in [0, 0.05) is 25.5 Å². The first-order valence-electron chi connectivity index (χ1n) is 8.19. The summed E-state index contributed by atoms with van der Waals surface area (Å²) < 4.78 is 12.9. The Morgan fingerprint density at radius 2 is 1.83 bits per heavy atom. The Hall–Kier alpha value is -2.43. The first kappa shape index (κ1) is 17.9. The molecule has 2 aromatic rings. The van der Waals surface area contributed by atoms with Gasteiger partial charge >= 0.3 is 6.03 Å². The van der Waals surface area contributed by atoms with Crippen LogP contribution in [0.5, 0.6) is 0 Å². The minimum Gasteiger partial charge on any atom is -0.335 e. The molecular weight excluding hydrogens is 305 g/mol. The van der Waals surface area contributed by atoms with Crippen LogP contribution in [0, 0.1) is 5.82 Å². The molecular formula is C19H24FN3O. The lowest BCUT2D eigenvalue weighted by Gasteiger charge is -2.29. The number of hydrogen-bond acceptors (Lipinski definition) is 2. The lowest BCUT2D eigenvalue weighted by Crippen LogP contribution is -2.44. The smallest absolute Gasteiger partial charge is 0.317 e. The summed E-state index contributed by atoms with van der Waals surface area (Å²) in [5.41, 5.74) is 2.06. The van der Waals surface area contributed by atoms with Crippen LogP contribution < -0.4 is 5.32 Å². The highest BCUT2D eigenvalue weighted by Crippen LogP contribution is 2.22. The molecule has 4 nitrogen and oxygen atoms in total. The van der Waals surface area contributed by atoms with Crippen molar-refractivity contribution in [3.8, 4) is 0 Å². The standard InChI is InChI=1S/C19H24FN3O/c1-4-18(16-9-11-21-12-10-16)23(3)19(24)22-14(2)13-15-5-7-17(20)8-6-15/h5-12,14,18H,4,13H2,1-3H3,(H,22,24). The monoisotopic (exact) mass is 329 g/mol. The third-order valence-electron chi connectivity index (χ3n) is 4.09. The first-order chi connectivity index (χ1) is 11.5. The number of hydrogen-bond donors (Lipinski definition) is 1. The van der Waals surface area contributed by atoms with Crippen LogP contribution in [-0.2, 0) is 6.42 Å². The fraction of sp³-hybridized carbons (Fsp3) is 0.368. The van der Waals surface area contributed by atoms with E-state index < -0.39 is 0 Å². The summed E-state index contributed by atoms with van der Waals surface area (Å²) in [4.78, 5) is 18.3. The topological polar surface area (TPSA) is 45.2 Å². The molecule has 0 bridgehead atoms.